The first kappa shape index (κ1) is 19.4. The van der Waals surface area contributed by atoms with E-state index in [0.717, 1.165) is 29.5 Å². The van der Waals surface area contributed by atoms with Gasteiger partial charge in [-0.1, -0.05) is 42.8 Å². The second-order valence-electron chi connectivity index (χ2n) is 7.05. The summed E-state index contributed by atoms with van der Waals surface area (Å²) >= 11 is 0. The summed E-state index contributed by atoms with van der Waals surface area (Å²) < 4.78 is 26.7. The van der Waals surface area contributed by atoms with Crippen LogP contribution in [-0.4, -0.2) is 26.6 Å². The maximum Gasteiger partial charge on any atom is 0.235 e. The predicted octanol–water partition coefficient (Wildman–Crippen LogP) is 3.67. The van der Waals surface area contributed by atoms with Gasteiger partial charge in [0.2, 0.25) is 15.9 Å². The van der Waals surface area contributed by atoms with E-state index in [0.29, 0.717) is 24.3 Å². The zero-order valence-electron chi connectivity index (χ0n) is 15.9. The largest absolute Gasteiger partial charge is 0.326 e. The first-order valence-electron chi connectivity index (χ1n) is 9.38. The molecule has 27 heavy (non-hydrogen) atoms. The molecule has 1 N–H and O–H groups in total. The van der Waals surface area contributed by atoms with Crippen molar-refractivity contribution >= 4 is 27.3 Å². The van der Waals surface area contributed by atoms with Crippen molar-refractivity contribution in [2.45, 2.75) is 39.5 Å². The number of rotatable bonds is 6. The van der Waals surface area contributed by atoms with E-state index >= 15 is 0 Å². The summed E-state index contributed by atoms with van der Waals surface area (Å²) in [7, 11) is -3.32. The monoisotopic (exact) mass is 386 g/mol. The zero-order valence-corrected chi connectivity index (χ0v) is 16.7. The Kier molecular flexibility index (Phi) is 5.85. The zero-order chi connectivity index (χ0) is 19.4. The molecule has 0 unspecified atom stereocenters. The number of fused-ring (bicyclic) bond motifs is 1. The number of hydrogen-bond acceptors (Lipinski definition) is 3. The lowest BCUT2D eigenvalue weighted by molar-refractivity contribution is -0.115. The molecule has 0 atom stereocenters. The highest BCUT2D eigenvalue weighted by molar-refractivity contribution is 7.92. The van der Waals surface area contributed by atoms with Gasteiger partial charge in [-0.25, -0.2) is 8.42 Å². The molecule has 0 saturated carbocycles. The molecule has 0 bridgehead atoms. The molecule has 144 valence electrons. The molecule has 6 heteroatoms. The number of benzene rings is 2. The minimum absolute atomic E-state index is 0.112. The van der Waals surface area contributed by atoms with Crippen molar-refractivity contribution in [3.8, 4) is 0 Å². The van der Waals surface area contributed by atoms with Gasteiger partial charge in [0.1, 0.15) is 0 Å². The van der Waals surface area contributed by atoms with Crippen LogP contribution in [-0.2, 0) is 27.7 Å². The second kappa shape index (κ2) is 8.13. The van der Waals surface area contributed by atoms with Crippen molar-refractivity contribution in [2.75, 3.05) is 21.9 Å². The van der Waals surface area contributed by atoms with Gasteiger partial charge in [-0.05, 0) is 49.4 Å². The van der Waals surface area contributed by atoms with Crippen molar-refractivity contribution in [3.63, 3.8) is 0 Å². The molecule has 2 aromatic rings. The topological polar surface area (TPSA) is 66.5 Å². The summed E-state index contributed by atoms with van der Waals surface area (Å²) in [5, 5.41) is 2.90. The quantitative estimate of drug-likeness (QED) is 0.824. The summed E-state index contributed by atoms with van der Waals surface area (Å²) in [5.41, 5.74) is 4.41. The number of carbonyl (C=O) groups is 1. The Morgan fingerprint density at radius 2 is 2.00 bits per heavy atom. The summed E-state index contributed by atoms with van der Waals surface area (Å²) in [4.78, 5) is 12.4. The summed E-state index contributed by atoms with van der Waals surface area (Å²) in [6.45, 7) is 4.36. The SMILES string of the molecule is CCCS(=O)(=O)N1CCCc2ccc(NC(=O)Cc3cccc(C)c3)cc21. The molecular formula is C21H26N2O3S. The lowest BCUT2D eigenvalue weighted by Gasteiger charge is -2.31. The van der Waals surface area contributed by atoms with Crippen molar-refractivity contribution in [2.24, 2.45) is 0 Å². The van der Waals surface area contributed by atoms with Crippen LogP contribution in [0.3, 0.4) is 0 Å². The summed E-state index contributed by atoms with van der Waals surface area (Å²) in [6.07, 6.45) is 2.54. The number of nitrogens with one attached hydrogen (secondary N) is 1. The number of sulfonamides is 1. The lowest BCUT2D eigenvalue weighted by Crippen LogP contribution is -2.37. The highest BCUT2D eigenvalue weighted by atomic mass is 32.2. The van der Waals surface area contributed by atoms with E-state index in [1.165, 1.54) is 4.31 Å². The maximum atomic E-state index is 12.6. The fraction of sp³-hybridized carbons (Fsp3) is 0.381. The number of aryl methyl sites for hydroxylation is 2. The van der Waals surface area contributed by atoms with E-state index in [-0.39, 0.29) is 18.1 Å². The van der Waals surface area contributed by atoms with Gasteiger partial charge in [-0.2, -0.15) is 0 Å². The molecule has 0 fully saturated rings. The Balaban J connectivity index is 1.79. The van der Waals surface area contributed by atoms with E-state index < -0.39 is 10.0 Å². The van der Waals surface area contributed by atoms with Crippen LogP contribution < -0.4 is 9.62 Å². The lowest BCUT2D eigenvalue weighted by atomic mass is 10.0. The van der Waals surface area contributed by atoms with E-state index in [9.17, 15) is 13.2 Å². The Bertz CT molecular complexity index is 938. The minimum Gasteiger partial charge on any atom is -0.326 e. The molecule has 1 amide bonds. The molecule has 5 nitrogen and oxygen atoms in total. The summed E-state index contributed by atoms with van der Waals surface area (Å²) in [6, 6.07) is 13.4. The van der Waals surface area contributed by atoms with Crippen LogP contribution >= 0.6 is 0 Å². The minimum atomic E-state index is -3.32. The third-order valence-electron chi connectivity index (χ3n) is 4.69. The van der Waals surface area contributed by atoms with Crippen LogP contribution in [0.1, 0.15) is 36.5 Å². The van der Waals surface area contributed by atoms with E-state index in [2.05, 4.69) is 5.32 Å². The molecule has 1 heterocycles. The Morgan fingerprint density at radius 1 is 1.19 bits per heavy atom. The number of nitrogens with zero attached hydrogens (tertiary/aromatic N) is 1. The van der Waals surface area contributed by atoms with Gasteiger partial charge in [0, 0.05) is 12.2 Å². The molecule has 0 saturated heterocycles. The number of hydrogen-bond donors (Lipinski definition) is 1. The van der Waals surface area contributed by atoms with Crippen LogP contribution in [0.25, 0.3) is 0 Å². The predicted molar refractivity (Wildman–Crippen MR) is 110 cm³/mol. The molecule has 0 aromatic heterocycles. The van der Waals surface area contributed by atoms with Crippen molar-refractivity contribution < 1.29 is 13.2 Å². The fourth-order valence-corrected chi connectivity index (χ4v) is 5.10. The van der Waals surface area contributed by atoms with Crippen molar-refractivity contribution in [3.05, 3.63) is 59.2 Å². The third-order valence-corrected chi connectivity index (χ3v) is 6.67. The highest BCUT2D eigenvalue weighted by Crippen LogP contribution is 2.32. The van der Waals surface area contributed by atoms with Gasteiger partial charge >= 0.3 is 0 Å². The Labute approximate surface area is 161 Å². The standard InChI is InChI=1S/C21H26N2O3S/c1-3-12-27(25,26)23-11-5-8-18-9-10-19(15-20(18)23)22-21(24)14-17-7-4-6-16(2)13-17/h4,6-7,9-10,13,15H,3,5,8,11-12,14H2,1-2H3,(H,22,24). The van der Waals surface area contributed by atoms with Crippen molar-refractivity contribution in [1.29, 1.82) is 0 Å². The van der Waals surface area contributed by atoms with E-state index in [1.807, 2.05) is 50.2 Å². The maximum absolute atomic E-state index is 12.6. The molecule has 1 aliphatic heterocycles. The van der Waals surface area contributed by atoms with Gasteiger partial charge in [0.25, 0.3) is 0 Å². The van der Waals surface area contributed by atoms with E-state index in [4.69, 9.17) is 0 Å². The highest BCUT2D eigenvalue weighted by Gasteiger charge is 2.27. The van der Waals surface area contributed by atoms with Gasteiger partial charge in [0.15, 0.2) is 0 Å². The van der Waals surface area contributed by atoms with Crippen LogP contribution in [0.5, 0.6) is 0 Å². The normalized spacial score (nSPS) is 13.9. The fourth-order valence-electron chi connectivity index (χ4n) is 3.49. The second-order valence-corrected chi connectivity index (χ2v) is 9.06. The number of amides is 1. The average Bonchev–Trinajstić information content (AvgIpc) is 2.61. The molecule has 1 aliphatic rings. The first-order chi connectivity index (χ1) is 12.9. The third kappa shape index (κ3) is 4.69. The molecule has 0 aliphatic carbocycles. The van der Waals surface area contributed by atoms with Crippen LogP contribution in [0, 0.1) is 6.92 Å². The first-order valence-corrected chi connectivity index (χ1v) is 11.0. The van der Waals surface area contributed by atoms with Gasteiger partial charge in [-0.3, -0.25) is 9.10 Å². The molecule has 3 rings (SSSR count). The molecule has 0 spiro atoms. The van der Waals surface area contributed by atoms with Crippen LogP contribution in [0.15, 0.2) is 42.5 Å². The number of carbonyl (C=O) groups excluding carboxylic acids is 1. The van der Waals surface area contributed by atoms with Gasteiger partial charge in [0.05, 0.1) is 17.9 Å². The molecule has 0 radical (unpaired) electrons. The number of anilines is 2. The molecular weight excluding hydrogens is 360 g/mol. The average molecular weight is 387 g/mol. The van der Waals surface area contributed by atoms with Crippen molar-refractivity contribution in [1.82, 2.24) is 0 Å². The molecule has 2 aromatic carbocycles. The Hall–Kier alpha value is -2.34. The van der Waals surface area contributed by atoms with Gasteiger partial charge < -0.3 is 5.32 Å². The Morgan fingerprint density at radius 3 is 2.74 bits per heavy atom. The summed E-state index contributed by atoms with van der Waals surface area (Å²) in [5.74, 6) is 0.0236. The smallest absolute Gasteiger partial charge is 0.235 e. The van der Waals surface area contributed by atoms with Crippen LogP contribution in [0.2, 0.25) is 0 Å². The van der Waals surface area contributed by atoms with E-state index in [1.54, 1.807) is 6.07 Å². The van der Waals surface area contributed by atoms with Crippen LogP contribution in [0.4, 0.5) is 11.4 Å². The van der Waals surface area contributed by atoms with Gasteiger partial charge in [-0.15, -0.1) is 0 Å².